The van der Waals surface area contributed by atoms with Crippen LogP contribution in [-0.4, -0.2) is 67.2 Å². The van der Waals surface area contributed by atoms with Gasteiger partial charge in [0.15, 0.2) is 0 Å². The summed E-state index contributed by atoms with van der Waals surface area (Å²) < 4.78 is 5.35. The van der Waals surface area contributed by atoms with Crippen LogP contribution in [0.15, 0.2) is 0 Å². The van der Waals surface area contributed by atoms with E-state index in [0.717, 1.165) is 0 Å². The van der Waals surface area contributed by atoms with Gasteiger partial charge in [-0.3, -0.25) is 9.69 Å². The van der Waals surface area contributed by atoms with Crippen LogP contribution in [0.5, 0.6) is 0 Å². The van der Waals surface area contributed by atoms with E-state index in [1.807, 2.05) is 48.7 Å². The van der Waals surface area contributed by atoms with Gasteiger partial charge in [0.05, 0.1) is 0 Å². The summed E-state index contributed by atoms with van der Waals surface area (Å²) in [6.07, 6.45) is -0.392. The van der Waals surface area contributed by atoms with Crippen molar-refractivity contribution >= 4 is 12.0 Å². The maximum Gasteiger partial charge on any atom is 0.410 e. The number of carbonyl (C=O) groups excluding carboxylic acids is 2. The van der Waals surface area contributed by atoms with Gasteiger partial charge >= 0.3 is 6.09 Å². The Balaban J connectivity index is 4.80. The summed E-state index contributed by atoms with van der Waals surface area (Å²) in [6.45, 7) is 10.6. The molecule has 6 heteroatoms. The number of nitrogens with zero attached hydrogens (tertiary/aromatic N) is 2. The van der Waals surface area contributed by atoms with Crippen molar-refractivity contribution in [3.63, 3.8) is 0 Å². The lowest BCUT2D eigenvalue weighted by atomic mass is 10.2. The molecule has 0 radical (unpaired) electrons. The molecule has 0 aliphatic rings. The molecule has 0 aromatic rings. The zero-order chi connectivity index (χ0) is 15.9. The number of nitrogens with one attached hydrogen (secondary N) is 1. The zero-order valence-electron chi connectivity index (χ0n) is 13.8. The molecule has 0 aromatic heterocycles. The van der Waals surface area contributed by atoms with E-state index in [9.17, 15) is 9.59 Å². The van der Waals surface area contributed by atoms with E-state index in [1.165, 1.54) is 0 Å². The smallest absolute Gasteiger partial charge is 0.410 e. The maximum atomic E-state index is 12.1. The van der Waals surface area contributed by atoms with Gasteiger partial charge in [0, 0.05) is 19.6 Å². The van der Waals surface area contributed by atoms with Crippen molar-refractivity contribution in [1.82, 2.24) is 15.1 Å². The fraction of sp³-hybridized carbons (Fsp3) is 0.857. The molecule has 20 heavy (non-hydrogen) atoms. The molecule has 0 heterocycles. The van der Waals surface area contributed by atoms with Crippen molar-refractivity contribution in [1.29, 1.82) is 0 Å². The molecule has 6 nitrogen and oxygen atoms in total. The third-order valence-electron chi connectivity index (χ3n) is 2.70. The normalized spacial score (nSPS) is 13.0. The van der Waals surface area contributed by atoms with Gasteiger partial charge in [-0.1, -0.05) is 0 Å². The summed E-state index contributed by atoms with van der Waals surface area (Å²) in [4.78, 5) is 27.4. The molecule has 0 aliphatic carbocycles. The number of rotatable bonds is 6. The van der Waals surface area contributed by atoms with E-state index in [-0.39, 0.29) is 11.9 Å². The van der Waals surface area contributed by atoms with Crippen LogP contribution < -0.4 is 5.32 Å². The van der Waals surface area contributed by atoms with Crippen molar-refractivity contribution in [2.24, 2.45) is 0 Å². The first-order valence-electron chi connectivity index (χ1n) is 7.04. The third kappa shape index (κ3) is 6.75. The molecule has 118 valence electrons. The van der Waals surface area contributed by atoms with Crippen LogP contribution in [0.3, 0.4) is 0 Å². The van der Waals surface area contributed by atoms with Gasteiger partial charge in [0.1, 0.15) is 11.6 Å². The Bertz CT molecular complexity index is 324. The standard InChI is InChI=1S/C14H29N3O3/c1-8-15-12(18)11(16(6)7)10-17(9-2)13(19)20-14(3,4)5/h11H,8-10H2,1-7H3,(H,15,18)/t11-/m0/s1. The third-order valence-corrected chi connectivity index (χ3v) is 2.70. The number of carbonyl (C=O) groups is 2. The molecule has 0 unspecified atom stereocenters. The SMILES string of the molecule is CCNC(=O)[C@H](CN(CC)C(=O)OC(C)(C)C)N(C)C. The molecule has 2 amide bonds. The molecule has 0 bridgehead atoms. The first kappa shape index (κ1) is 18.7. The Labute approximate surface area is 122 Å². The molecule has 1 atom stereocenters. The number of amides is 2. The molecule has 0 spiro atoms. The Kier molecular flexibility index (Phi) is 7.57. The van der Waals surface area contributed by atoms with Gasteiger partial charge in [-0.2, -0.15) is 0 Å². The van der Waals surface area contributed by atoms with Crippen molar-refractivity contribution < 1.29 is 14.3 Å². The Morgan fingerprint density at radius 3 is 2.10 bits per heavy atom. The molecule has 1 N–H and O–H groups in total. The summed E-state index contributed by atoms with van der Waals surface area (Å²) in [7, 11) is 3.64. The fourth-order valence-corrected chi connectivity index (χ4v) is 1.64. The second kappa shape index (κ2) is 8.09. The van der Waals surface area contributed by atoms with Gasteiger partial charge in [-0.25, -0.2) is 4.79 Å². The summed E-state index contributed by atoms with van der Waals surface area (Å²) in [5.74, 6) is -0.0838. The quantitative estimate of drug-likeness (QED) is 0.800. The van der Waals surface area contributed by atoms with Crippen LogP contribution >= 0.6 is 0 Å². The predicted molar refractivity (Wildman–Crippen MR) is 79.6 cm³/mol. The van der Waals surface area contributed by atoms with Crippen LogP contribution in [0.4, 0.5) is 4.79 Å². The number of hydrogen-bond donors (Lipinski definition) is 1. The van der Waals surface area contributed by atoms with Gasteiger partial charge in [-0.05, 0) is 48.7 Å². The van der Waals surface area contributed by atoms with Crippen molar-refractivity contribution in [2.45, 2.75) is 46.3 Å². The van der Waals surface area contributed by atoms with E-state index in [0.29, 0.717) is 19.6 Å². The summed E-state index contributed by atoms with van der Waals surface area (Å²) >= 11 is 0. The van der Waals surface area contributed by atoms with E-state index in [4.69, 9.17) is 4.74 Å². The fourth-order valence-electron chi connectivity index (χ4n) is 1.64. The highest BCUT2D eigenvalue weighted by atomic mass is 16.6. The van der Waals surface area contributed by atoms with Crippen LogP contribution in [0, 0.1) is 0 Å². The van der Waals surface area contributed by atoms with Gasteiger partial charge in [0.25, 0.3) is 0 Å². The molecule has 0 aliphatic heterocycles. The summed E-state index contributed by atoms with van der Waals surface area (Å²) in [5.41, 5.74) is -0.538. The van der Waals surface area contributed by atoms with Crippen LogP contribution in [0.2, 0.25) is 0 Å². The number of likely N-dealkylation sites (N-methyl/N-ethyl adjacent to an activating group) is 3. The summed E-state index contributed by atoms with van der Waals surface area (Å²) in [5, 5.41) is 2.78. The second-order valence-electron chi connectivity index (χ2n) is 5.89. The summed E-state index contributed by atoms with van der Waals surface area (Å²) in [6, 6.07) is -0.387. The monoisotopic (exact) mass is 287 g/mol. The highest BCUT2D eigenvalue weighted by Gasteiger charge is 2.27. The van der Waals surface area contributed by atoms with Gasteiger partial charge in [-0.15, -0.1) is 0 Å². The maximum absolute atomic E-state index is 12.1. The molecular formula is C14H29N3O3. The second-order valence-corrected chi connectivity index (χ2v) is 5.89. The topological polar surface area (TPSA) is 61.9 Å². The lowest BCUT2D eigenvalue weighted by Crippen LogP contribution is -2.52. The van der Waals surface area contributed by atoms with Crippen LogP contribution in [0.25, 0.3) is 0 Å². The molecular weight excluding hydrogens is 258 g/mol. The van der Waals surface area contributed by atoms with Crippen LogP contribution in [0.1, 0.15) is 34.6 Å². The molecule has 0 saturated heterocycles. The van der Waals surface area contributed by atoms with Gasteiger partial charge < -0.3 is 15.0 Å². The van der Waals surface area contributed by atoms with E-state index >= 15 is 0 Å². The van der Waals surface area contributed by atoms with Gasteiger partial charge in [0.2, 0.25) is 5.91 Å². The minimum absolute atomic E-state index is 0.0838. The lowest BCUT2D eigenvalue weighted by molar-refractivity contribution is -0.126. The Hall–Kier alpha value is -1.30. The van der Waals surface area contributed by atoms with E-state index in [2.05, 4.69) is 5.32 Å². The largest absolute Gasteiger partial charge is 0.444 e. The van der Waals surface area contributed by atoms with E-state index in [1.54, 1.807) is 9.80 Å². The minimum atomic E-state index is -0.538. The van der Waals surface area contributed by atoms with Crippen molar-refractivity contribution in [2.75, 3.05) is 33.7 Å². The Morgan fingerprint density at radius 1 is 1.20 bits per heavy atom. The predicted octanol–water partition coefficient (Wildman–Crippen LogP) is 1.31. The van der Waals surface area contributed by atoms with Crippen LogP contribution in [-0.2, 0) is 9.53 Å². The highest BCUT2D eigenvalue weighted by molar-refractivity contribution is 5.82. The average Bonchev–Trinajstić information content (AvgIpc) is 2.27. The number of hydrogen-bond acceptors (Lipinski definition) is 4. The highest BCUT2D eigenvalue weighted by Crippen LogP contribution is 2.11. The van der Waals surface area contributed by atoms with Crippen molar-refractivity contribution in [3.8, 4) is 0 Å². The first-order chi connectivity index (χ1) is 9.12. The van der Waals surface area contributed by atoms with E-state index < -0.39 is 11.7 Å². The lowest BCUT2D eigenvalue weighted by Gasteiger charge is -2.31. The average molecular weight is 287 g/mol. The molecule has 0 saturated carbocycles. The Morgan fingerprint density at radius 2 is 1.75 bits per heavy atom. The van der Waals surface area contributed by atoms with Crippen molar-refractivity contribution in [3.05, 3.63) is 0 Å². The molecule has 0 rings (SSSR count). The number of ether oxygens (including phenoxy) is 1. The molecule has 0 fully saturated rings. The zero-order valence-corrected chi connectivity index (χ0v) is 13.8. The molecule has 0 aromatic carbocycles. The first-order valence-corrected chi connectivity index (χ1v) is 7.04. The minimum Gasteiger partial charge on any atom is -0.444 e.